The van der Waals surface area contributed by atoms with Crippen molar-refractivity contribution in [1.29, 1.82) is 0 Å². The first-order valence-electron chi connectivity index (χ1n) is 6.51. The fraction of sp³-hybridized carbons (Fsp3) is 0.267. The Morgan fingerprint density at radius 1 is 1.25 bits per heavy atom. The lowest BCUT2D eigenvalue weighted by Crippen LogP contribution is -2.24. The molecule has 0 aliphatic carbocycles. The summed E-state index contributed by atoms with van der Waals surface area (Å²) in [5.74, 6) is -1.73. The number of nitrogens with one attached hydrogen (secondary N) is 1. The molecule has 0 bridgehead atoms. The predicted octanol–water partition coefficient (Wildman–Crippen LogP) is 3.03. The molecule has 0 amide bonds. The van der Waals surface area contributed by atoms with Gasteiger partial charge in [-0.05, 0) is 36.7 Å². The maximum Gasteiger partial charge on any atom is 0.159 e. The van der Waals surface area contributed by atoms with Gasteiger partial charge in [0.2, 0.25) is 0 Å². The topological polar surface area (TPSA) is 50.9 Å². The van der Waals surface area contributed by atoms with Crippen LogP contribution in [0.4, 0.5) is 14.5 Å². The van der Waals surface area contributed by atoms with Gasteiger partial charge in [0.05, 0.1) is 6.04 Å². The number of nitrogens with zero attached hydrogens (tertiary/aromatic N) is 1. The highest BCUT2D eigenvalue weighted by Gasteiger charge is 2.17. The first-order chi connectivity index (χ1) is 9.63. The van der Waals surface area contributed by atoms with Crippen molar-refractivity contribution in [3.63, 3.8) is 0 Å². The van der Waals surface area contributed by atoms with Gasteiger partial charge in [-0.3, -0.25) is 4.98 Å². The molecule has 5 heteroatoms. The molecule has 1 aromatic carbocycles. The van der Waals surface area contributed by atoms with Crippen molar-refractivity contribution >= 4 is 5.69 Å². The number of anilines is 1. The monoisotopic (exact) mass is 277 g/mol. The van der Waals surface area contributed by atoms with Crippen LogP contribution in [-0.4, -0.2) is 11.5 Å². The highest BCUT2D eigenvalue weighted by atomic mass is 19.2. The molecule has 1 aromatic heterocycles. The molecule has 2 rings (SSSR count). The van der Waals surface area contributed by atoms with E-state index in [1.807, 2.05) is 6.92 Å². The van der Waals surface area contributed by atoms with Gasteiger partial charge < -0.3 is 11.1 Å². The molecule has 0 saturated carbocycles. The number of benzene rings is 1. The summed E-state index contributed by atoms with van der Waals surface area (Å²) in [6.45, 7) is 2.76. The third-order valence-corrected chi connectivity index (χ3v) is 3.07. The molecular formula is C15H17F2N3. The van der Waals surface area contributed by atoms with E-state index < -0.39 is 11.6 Å². The smallest absolute Gasteiger partial charge is 0.159 e. The Balaban J connectivity index is 2.41. The van der Waals surface area contributed by atoms with Gasteiger partial charge >= 0.3 is 0 Å². The lowest BCUT2D eigenvalue weighted by Gasteiger charge is -2.20. The number of halogens is 2. The standard InChI is InChI=1S/C15H17F2N3/c1-2-6-20-15(11-9-19-7-5-14(11)18)10-3-4-12(16)13(17)8-10/h3-5,7-9,15,20H,2,6H2,1H3,(H2,18,19). The van der Waals surface area contributed by atoms with Crippen LogP contribution in [0.1, 0.15) is 30.5 Å². The molecule has 1 atom stereocenters. The molecule has 20 heavy (non-hydrogen) atoms. The number of nitrogens with two attached hydrogens (primary N) is 1. The first-order valence-corrected chi connectivity index (χ1v) is 6.51. The molecule has 0 fully saturated rings. The van der Waals surface area contributed by atoms with Gasteiger partial charge in [0.25, 0.3) is 0 Å². The summed E-state index contributed by atoms with van der Waals surface area (Å²) in [6.07, 6.45) is 4.16. The van der Waals surface area contributed by atoms with E-state index >= 15 is 0 Å². The largest absolute Gasteiger partial charge is 0.398 e. The Morgan fingerprint density at radius 3 is 2.70 bits per heavy atom. The van der Waals surface area contributed by atoms with E-state index in [-0.39, 0.29) is 6.04 Å². The van der Waals surface area contributed by atoms with Crippen LogP contribution in [0.25, 0.3) is 0 Å². The molecule has 2 aromatic rings. The van der Waals surface area contributed by atoms with Gasteiger partial charge in [0, 0.05) is 23.6 Å². The van der Waals surface area contributed by atoms with E-state index in [9.17, 15) is 8.78 Å². The van der Waals surface area contributed by atoms with E-state index in [2.05, 4.69) is 10.3 Å². The molecule has 3 N–H and O–H groups in total. The zero-order valence-electron chi connectivity index (χ0n) is 11.2. The lowest BCUT2D eigenvalue weighted by molar-refractivity contribution is 0.503. The molecule has 1 heterocycles. The quantitative estimate of drug-likeness (QED) is 0.883. The average molecular weight is 277 g/mol. The van der Waals surface area contributed by atoms with Gasteiger partial charge in [-0.15, -0.1) is 0 Å². The molecule has 0 aliphatic heterocycles. The molecule has 0 spiro atoms. The molecule has 0 radical (unpaired) electrons. The molecule has 0 saturated heterocycles. The predicted molar refractivity (Wildman–Crippen MR) is 75.1 cm³/mol. The molecule has 0 aliphatic rings. The second kappa shape index (κ2) is 6.43. The zero-order chi connectivity index (χ0) is 14.5. The maximum atomic E-state index is 13.4. The fourth-order valence-electron chi connectivity index (χ4n) is 2.05. The zero-order valence-corrected chi connectivity index (χ0v) is 11.2. The van der Waals surface area contributed by atoms with Crippen molar-refractivity contribution in [2.75, 3.05) is 12.3 Å². The van der Waals surface area contributed by atoms with E-state index in [0.717, 1.165) is 24.6 Å². The van der Waals surface area contributed by atoms with Crippen molar-refractivity contribution in [1.82, 2.24) is 10.3 Å². The second-order valence-corrected chi connectivity index (χ2v) is 4.57. The third kappa shape index (κ3) is 3.11. The maximum absolute atomic E-state index is 13.4. The lowest BCUT2D eigenvalue weighted by atomic mass is 9.98. The minimum atomic E-state index is -0.867. The average Bonchev–Trinajstić information content (AvgIpc) is 2.44. The summed E-state index contributed by atoms with van der Waals surface area (Å²) < 4.78 is 26.5. The Labute approximate surface area is 116 Å². The van der Waals surface area contributed by atoms with Gasteiger partial charge in [-0.2, -0.15) is 0 Å². The Morgan fingerprint density at radius 2 is 2.05 bits per heavy atom. The number of aromatic nitrogens is 1. The molecular weight excluding hydrogens is 260 g/mol. The summed E-state index contributed by atoms with van der Waals surface area (Å²) in [6, 6.07) is 5.25. The van der Waals surface area contributed by atoms with E-state index in [0.29, 0.717) is 11.3 Å². The van der Waals surface area contributed by atoms with Gasteiger partial charge in [0.1, 0.15) is 0 Å². The second-order valence-electron chi connectivity index (χ2n) is 4.57. The van der Waals surface area contributed by atoms with E-state index in [1.165, 1.54) is 6.07 Å². The summed E-state index contributed by atoms with van der Waals surface area (Å²) in [7, 11) is 0. The summed E-state index contributed by atoms with van der Waals surface area (Å²) in [5, 5.41) is 3.28. The number of nitrogen functional groups attached to an aromatic ring is 1. The van der Waals surface area contributed by atoms with Crippen LogP contribution in [0.5, 0.6) is 0 Å². The van der Waals surface area contributed by atoms with Crippen LogP contribution in [0.15, 0.2) is 36.7 Å². The third-order valence-electron chi connectivity index (χ3n) is 3.07. The van der Waals surface area contributed by atoms with Crippen molar-refractivity contribution < 1.29 is 8.78 Å². The molecule has 1 unspecified atom stereocenters. The van der Waals surface area contributed by atoms with Crippen LogP contribution in [0, 0.1) is 11.6 Å². The van der Waals surface area contributed by atoms with Crippen molar-refractivity contribution in [3.05, 3.63) is 59.4 Å². The van der Waals surface area contributed by atoms with E-state index in [1.54, 1.807) is 24.5 Å². The van der Waals surface area contributed by atoms with Crippen molar-refractivity contribution in [2.24, 2.45) is 0 Å². The minimum absolute atomic E-state index is 0.307. The van der Waals surface area contributed by atoms with Crippen LogP contribution < -0.4 is 11.1 Å². The van der Waals surface area contributed by atoms with Gasteiger partial charge in [0.15, 0.2) is 11.6 Å². The van der Waals surface area contributed by atoms with Crippen LogP contribution >= 0.6 is 0 Å². The Kier molecular flexibility index (Phi) is 4.63. The molecule has 106 valence electrons. The van der Waals surface area contributed by atoms with Crippen LogP contribution in [-0.2, 0) is 0 Å². The number of hydrogen-bond donors (Lipinski definition) is 2. The van der Waals surface area contributed by atoms with Crippen LogP contribution in [0.3, 0.4) is 0 Å². The van der Waals surface area contributed by atoms with Crippen LogP contribution in [0.2, 0.25) is 0 Å². The molecule has 3 nitrogen and oxygen atoms in total. The first kappa shape index (κ1) is 14.4. The highest BCUT2D eigenvalue weighted by molar-refractivity contribution is 5.49. The Bertz CT molecular complexity index is 587. The van der Waals surface area contributed by atoms with E-state index in [4.69, 9.17) is 5.73 Å². The Hall–Kier alpha value is -2.01. The van der Waals surface area contributed by atoms with Gasteiger partial charge in [-0.1, -0.05) is 13.0 Å². The highest BCUT2D eigenvalue weighted by Crippen LogP contribution is 2.27. The number of rotatable bonds is 5. The summed E-state index contributed by atoms with van der Waals surface area (Å²) in [4.78, 5) is 4.05. The summed E-state index contributed by atoms with van der Waals surface area (Å²) >= 11 is 0. The minimum Gasteiger partial charge on any atom is -0.398 e. The van der Waals surface area contributed by atoms with Crippen molar-refractivity contribution in [2.45, 2.75) is 19.4 Å². The fourth-order valence-corrected chi connectivity index (χ4v) is 2.05. The normalized spacial score (nSPS) is 12.3. The number of pyridine rings is 1. The summed E-state index contributed by atoms with van der Waals surface area (Å²) in [5.41, 5.74) is 7.90. The van der Waals surface area contributed by atoms with Crippen molar-refractivity contribution in [3.8, 4) is 0 Å². The number of hydrogen-bond acceptors (Lipinski definition) is 3. The van der Waals surface area contributed by atoms with Gasteiger partial charge in [-0.25, -0.2) is 8.78 Å². The SMILES string of the molecule is CCCNC(c1ccc(F)c(F)c1)c1cnccc1N.